The number of hydrogen-bond donors (Lipinski definition) is 2. The molecule has 2 N–H and O–H groups in total. The highest BCUT2D eigenvalue weighted by molar-refractivity contribution is 5.82. The molecule has 0 fully saturated rings. The molecule has 0 bridgehead atoms. The molecule has 1 atom stereocenters. The lowest BCUT2D eigenvalue weighted by Crippen LogP contribution is -2.47. The number of carboxylic acids is 1. The zero-order chi connectivity index (χ0) is 13.4. The van der Waals surface area contributed by atoms with Crippen LogP contribution in [0, 0.1) is 5.92 Å². The molecule has 0 heterocycles. The summed E-state index contributed by atoms with van der Waals surface area (Å²) in [6.07, 6.45) is 2.19. The van der Waals surface area contributed by atoms with E-state index in [2.05, 4.69) is 5.32 Å². The molecule has 0 unspecified atom stereocenters. The summed E-state index contributed by atoms with van der Waals surface area (Å²) in [5, 5.41) is 11.5. The van der Waals surface area contributed by atoms with Gasteiger partial charge in [-0.05, 0) is 12.3 Å². The number of carbonyl (C=O) groups excluding carboxylic acids is 1. The minimum Gasteiger partial charge on any atom is -0.480 e. The maximum Gasteiger partial charge on any atom is 0.326 e. The molecule has 0 saturated heterocycles. The van der Waals surface area contributed by atoms with Crippen molar-refractivity contribution in [3.63, 3.8) is 0 Å². The first-order chi connectivity index (χ1) is 7.88. The topological polar surface area (TPSA) is 69.6 Å². The van der Waals surface area contributed by atoms with E-state index in [1.807, 2.05) is 20.8 Å². The molecule has 0 rings (SSSR count). The summed E-state index contributed by atoms with van der Waals surface area (Å²) in [4.78, 5) is 24.2. The number of carboxylic acid groups (broad SMARTS) is 1. The average molecular weight is 244 g/mol. The first kappa shape index (κ1) is 15.7. The van der Waals surface area contributed by atoms with Crippen molar-refractivity contribution in [2.24, 2.45) is 5.92 Å². The Morgan fingerprint density at radius 1 is 1.35 bits per heavy atom. The summed E-state index contributed by atoms with van der Waals surface area (Å²) in [6, 6.07) is -1.10. The van der Waals surface area contributed by atoms with Gasteiger partial charge in [0.15, 0.2) is 0 Å². The number of carbonyl (C=O) groups is 2. The van der Waals surface area contributed by atoms with Gasteiger partial charge in [0.25, 0.3) is 0 Å². The number of nitrogens with zero attached hydrogens (tertiary/aromatic N) is 1. The number of nitrogens with one attached hydrogen (secondary N) is 1. The van der Waals surface area contributed by atoms with Crippen molar-refractivity contribution >= 4 is 12.0 Å². The van der Waals surface area contributed by atoms with Crippen LogP contribution >= 0.6 is 0 Å². The van der Waals surface area contributed by atoms with E-state index in [0.717, 1.165) is 12.8 Å². The van der Waals surface area contributed by atoms with E-state index in [9.17, 15) is 9.59 Å². The largest absolute Gasteiger partial charge is 0.480 e. The van der Waals surface area contributed by atoms with Crippen LogP contribution in [-0.2, 0) is 4.79 Å². The molecule has 100 valence electrons. The highest BCUT2D eigenvalue weighted by Crippen LogP contribution is 2.03. The van der Waals surface area contributed by atoms with Crippen molar-refractivity contribution in [3.8, 4) is 0 Å². The van der Waals surface area contributed by atoms with E-state index in [0.29, 0.717) is 18.9 Å². The lowest BCUT2D eigenvalue weighted by atomic mass is 10.1. The van der Waals surface area contributed by atoms with Crippen LogP contribution in [0.1, 0.15) is 40.0 Å². The Balaban J connectivity index is 4.24. The Kier molecular flexibility index (Phi) is 7.34. The molecule has 17 heavy (non-hydrogen) atoms. The van der Waals surface area contributed by atoms with Gasteiger partial charge in [0.05, 0.1) is 0 Å². The third kappa shape index (κ3) is 6.81. The van der Waals surface area contributed by atoms with Crippen molar-refractivity contribution < 1.29 is 14.7 Å². The molecule has 0 aliphatic carbocycles. The van der Waals surface area contributed by atoms with Crippen LogP contribution in [0.4, 0.5) is 4.79 Å². The molecule has 5 heteroatoms. The summed E-state index contributed by atoms with van der Waals surface area (Å²) in [7, 11) is 1.67. The number of aliphatic carboxylic acids is 1. The van der Waals surface area contributed by atoms with E-state index < -0.39 is 12.0 Å². The maximum atomic E-state index is 11.7. The fourth-order valence-corrected chi connectivity index (χ4v) is 1.56. The monoisotopic (exact) mass is 244 g/mol. The molecule has 2 amide bonds. The van der Waals surface area contributed by atoms with Gasteiger partial charge < -0.3 is 15.3 Å². The summed E-state index contributed by atoms with van der Waals surface area (Å²) >= 11 is 0. The van der Waals surface area contributed by atoms with Gasteiger partial charge in [-0.3, -0.25) is 0 Å². The zero-order valence-corrected chi connectivity index (χ0v) is 11.2. The molecule has 0 spiro atoms. The predicted octanol–water partition coefficient (Wildman–Crippen LogP) is 1.93. The van der Waals surface area contributed by atoms with Crippen LogP contribution in [0.2, 0.25) is 0 Å². The summed E-state index contributed by atoms with van der Waals surface area (Å²) in [6.45, 7) is 6.63. The van der Waals surface area contributed by atoms with Crippen molar-refractivity contribution in [3.05, 3.63) is 0 Å². The van der Waals surface area contributed by atoms with Crippen molar-refractivity contribution in [1.29, 1.82) is 0 Å². The van der Waals surface area contributed by atoms with Crippen LogP contribution in [0.5, 0.6) is 0 Å². The SMILES string of the molecule is CCCC[C@H](NC(=O)N(C)CC(C)C)C(=O)O. The van der Waals surface area contributed by atoms with Gasteiger partial charge in [0, 0.05) is 13.6 Å². The Labute approximate surface area is 103 Å². The standard InChI is InChI=1S/C12H24N2O3/c1-5-6-7-10(11(15)16)13-12(17)14(4)8-9(2)3/h9-10H,5-8H2,1-4H3,(H,13,17)(H,15,16)/t10-/m0/s1. The molecule has 0 aromatic heterocycles. The van der Waals surface area contributed by atoms with E-state index in [1.54, 1.807) is 7.05 Å². The minimum atomic E-state index is -0.968. The number of unbranched alkanes of at least 4 members (excludes halogenated alkanes) is 1. The second-order valence-electron chi connectivity index (χ2n) is 4.76. The van der Waals surface area contributed by atoms with Gasteiger partial charge in [-0.15, -0.1) is 0 Å². The summed E-state index contributed by atoms with van der Waals surface area (Å²) in [5.74, 6) is -0.602. The molecular formula is C12H24N2O3. The van der Waals surface area contributed by atoms with Crippen LogP contribution in [0.15, 0.2) is 0 Å². The first-order valence-corrected chi connectivity index (χ1v) is 6.12. The fourth-order valence-electron chi connectivity index (χ4n) is 1.56. The van der Waals surface area contributed by atoms with E-state index in [4.69, 9.17) is 5.11 Å². The van der Waals surface area contributed by atoms with E-state index in [1.165, 1.54) is 4.90 Å². The van der Waals surface area contributed by atoms with Crippen LogP contribution in [0.25, 0.3) is 0 Å². The molecular weight excluding hydrogens is 220 g/mol. The molecule has 5 nitrogen and oxygen atoms in total. The summed E-state index contributed by atoms with van der Waals surface area (Å²) < 4.78 is 0. The van der Waals surface area contributed by atoms with Gasteiger partial charge in [-0.1, -0.05) is 33.6 Å². The zero-order valence-electron chi connectivity index (χ0n) is 11.2. The van der Waals surface area contributed by atoms with E-state index >= 15 is 0 Å². The van der Waals surface area contributed by atoms with Crippen molar-refractivity contribution in [1.82, 2.24) is 10.2 Å². The highest BCUT2D eigenvalue weighted by atomic mass is 16.4. The average Bonchev–Trinajstić information content (AvgIpc) is 2.22. The number of hydrogen-bond acceptors (Lipinski definition) is 2. The molecule has 0 aromatic rings. The molecule has 0 aliphatic heterocycles. The molecule has 0 saturated carbocycles. The van der Waals surface area contributed by atoms with E-state index in [-0.39, 0.29) is 6.03 Å². The van der Waals surface area contributed by atoms with Crippen molar-refractivity contribution in [2.45, 2.75) is 46.1 Å². The van der Waals surface area contributed by atoms with Gasteiger partial charge in [-0.2, -0.15) is 0 Å². The van der Waals surface area contributed by atoms with Crippen LogP contribution in [-0.4, -0.2) is 41.6 Å². The normalized spacial score (nSPS) is 12.3. The van der Waals surface area contributed by atoms with Crippen LogP contribution < -0.4 is 5.32 Å². The number of amides is 2. The minimum absolute atomic E-state index is 0.317. The van der Waals surface area contributed by atoms with Gasteiger partial charge in [0.1, 0.15) is 6.04 Å². The number of urea groups is 1. The quantitative estimate of drug-likeness (QED) is 0.719. The van der Waals surface area contributed by atoms with Gasteiger partial charge in [0.2, 0.25) is 0 Å². The fraction of sp³-hybridized carbons (Fsp3) is 0.833. The highest BCUT2D eigenvalue weighted by Gasteiger charge is 2.21. The second kappa shape index (κ2) is 7.92. The molecule has 0 aliphatic rings. The smallest absolute Gasteiger partial charge is 0.326 e. The second-order valence-corrected chi connectivity index (χ2v) is 4.76. The number of rotatable bonds is 7. The third-order valence-corrected chi connectivity index (χ3v) is 2.43. The first-order valence-electron chi connectivity index (χ1n) is 6.12. The molecule has 0 radical (unpaired) electrons. The van der Waals surface area contributed by atoms with Gasteiger partial charge >= 0.3 is 12.0 Å². The lowest BCUT2D eigenvalue weighted by molar-refractivity contribution is -0.139. The van der Waals surface area contributed by atoms with Crippen LogP contribution in [0.3, 0.4) is 0 Å². The Morgan fingerprint density at radius 2 is 1.94 bits per heavy atom. The van der Waals surface area contributed by atoms with Crippen molar-refractivity contribution in [2.75, 3.05) is 13.6 Å². The predicted molar refractivity (Wildman–Crippen MR) is 66.9 cm³/mol. The Hall–Kier alpha value is -1.26. The van der Waals surface area contributed by atoms with Gasteiger partial charge in [-0.25, -0.2) is 9.59 Å². The lowest BCUT2D eigenvalue weighted by Gasteiger charge is -2.22. The third-order valence-electron chi connectivity index (χ3n) is 2.43. The maximum absolute atomic E-state index is 11.7. The Morgan fingerprint density at radius 3 is 2.35 bits per heavy atom. The molecule has 0 aromatic carbocycles. The Bertz CT molecular complexity index is 254. The summed E-state index contributed by atoms with van der Waals surface area (Å²) in [5.41, 5.74) is 0.